The predicted molar refractivity (Wildman–Crippen MR) is 120 cm³/mol. The van der Waals surface area contributed by atoms with Gasteiger partial charge in [0.15, 0.2) is 0 Å². The molecule has 174 valence electrons. The normalized spacial score (nSPS) is 24.8. The molecule has 1 aromatic heterocycles. The summed E-state index contributed by atoms with van der Waals surface area (Å²) in [5, 5.41) is 11.2. The molecule has 1 N–H and O–H groups in total. The first kappa shape index (κ1) is 21.7. The van der Waals surface area contributed by atoms with Gasteiger partial charge in [-0.2, -0.15) is 0 Å². The Morgan fingerprint density at radius 3 is 2.64 bits per heavy atom. The SMILES string of the molecule is Cc1ccc(C2/C(=C(/O)c3ccc4c(c3)CC(C)O4)C(=O)C(=O)N2CCN2CCOCC2)o1. The fourth-order valence-electron chi connectivity index (χ4n) is 4.81. The van der Waals surface area contributed by atoms with E-state index in [0.717, 1.165) is 30.8 Å². The van der Waals surface area contributed by atoms with E-state index in [0.29, 0.717) is 43.4 Å². The van der Waals surface area contributed by atoms with Crippen LogP contribution >= 0.6 is 0 Å². The van der Waals surface area contributed by atoms with Gasteiger partial charge in [-0.25, -0.2) is 0 Å². The summed E-state index contributed by atoms with van der Waals surface area (Å²) in [5.41, 5.74) is 1.52. The van der Waals surface area contributed by atoms with Crippen molar-refractivity contribution in [2.75, 3.05) is 39.4 Å². The van der Waals surface area contributed by atoms with Crippen LogP contribution in [0, 0.1) is 6.92 Å². The van der Waals surface area contributed by atoms with Crippen LogP contribution in [-0.4, -0.2) is 72.1 Å². The maximum absolute atomic E-state index is 13.1. The van der Waals surface area contributed by atoms with Gasteiger partial charge in [0.2, 0.25) is 0 Å². The number of aliphatic hydroxyl groups is 1. The highest BCUT2D eigenvalue weighted by atomic mass is 16.5. The number of rotatable bonds is 5. The largest absolute Gasteiger partial charge is 0.507 e. The molecule has 3 aliphatic heterocycles. The monoisotopic (exact) mass is 452 g/mol. The van der Waals surface area contributed by atoms with Crippen molar-refractivity contribution in [3.8, 4) is 5.75 Å². The highest BCUT2D eigenvalue weighted by Crippen LogP contribution is 2.41. The summed E-state index contributed by atoms with van der Waals surface area (Å²) < 4.78 is 17.0. The molecule has 4 heterocycles. The van der Waals surface area contributed by atoms with Crippen LogP contribution < -0.4 is 4.74 Å². The van der Waals surface area contributed by atoms with Crippen molar-refractivity contribution in [3.05, 3.63) is 58.6 Å². The van der Waals surface area contributed by atoms with Crippen LogP contribution in [0.25, 0.3) is 5.76 Å². The Bertz CT molecular complexity index is 1110. The second kappa shape index (κ2) is 8.68. The zero-order valence-corrected chi connectivity index (χ0v) is 18.9. The van der Waals surface area contributed by atoms with Crippen LogP contribution in [0.5, 0.6) is 5.75 Å². The molecule has 0 saturated carbocycles. The lowest BCUT2D eigenvalue weighted by Gasteiger charge is -2.30. The Hall–Kier alpha value is -3.10. The van der Waals surface area contributed by atoms with Crippen molar-refractivity contribution in [2.45, 2.75) is 32.4 Å². The molecule has 0 bridgehead atoms. The van der Waals surface area contributed by atoms with Crippen molar-refractivity contribution in [1.82, 2.24) is 9.80 Å². The summed E-state index contributed by atoms with van der Waals surface area (Å²) >= 11 is 0. The Balaban J connectivity index is 1.51. The molecule has 2 atom stereocenters. The maximum atomic E-state index is 13.1. The Morgan fingerprint density at radius 2 is 1.91 bits per heavy atom. The van der Waals surface area contributed by atoms with Gasteiger partial charge < -0.3 is 23.9 Å². The molecule has 2 aromatic rings. The van der Waals surface area contributed by atoms with Gasteiger partial charge in [0, 0.05) is 38.2 Å². The molecular weight excluding hydrogens is 424 g/mol. The summed E-state index contributed by atoms with van der Waals surface area (Å²) in [6, 6.07) is 8.14. The number of aryl methyl sites for hydroxylation is 1. The number of hydrogen-bond donors (Lipinski definition) is 1. The summed E-state index contributed by atoms with van der Waals surface area (Å²) in [5.74, 6) is 0.410. The number of nitrogens with zero attached hydrogens (tertiary/aromatic N) is 2. The lowest BCUT2D eigenvalue weighted by molar-refractivity contribution is -0.140. The fraction of sp³-hybridized carbons (Fsp3) is 0.440. The fourth-order valence-corrected chi connectivity index (χ4v) is 4.81. The second-order valence-electron chi connectivity index (χ2n) is 8.85. The quantitative estimate of drug-likeness (QED) is 0.424. The lowest BCUT2D eigenvalue weighted by Crippen LogP contribution is -2.42. The van der Waals surface area contributed by atoms with Crippen molar-refractivity contribution >= 4 is 17.4 Å². The van der Waals surface area contributed by atoms with E-state index in [1.807, 2.05) is 19.9 Å². The van der Waals surface area contributed by atoms with Gasteiger partial charge in [0.25, 0.3) is 11.7 Å². The van der Waals surface area contributed by atoms with Crippen LogP contribution in [0.15, 0.2) is 40.3 Å². The van der Waals surface area contributed by atoms with E-state index < -0.39 is 17.7 Å². The molecule has 0 spiro atoms. The minimum atomic E-state index is -0.775. The highest BCUT2D eigenvalue weighted by molar-refractivity contribution is 6.46. The Morgan fingerprint density at radius 1 is 1.12 bits per heavy atom. The van der Waals surface area contributed by atoms with E-state index in [-0.39, 0.29) is 17.4 Å². The highest BCUT2D eigenvalue weighted by Gasteiger charge is 2.47. The van der Waals surface area contributed by atoms with Crippen LogP contribution in [0.2, 0.25) is 0 Å². The molecule has 5 rings (SSSR count). The zero-order chi connectivity index (χ0) is 23.1. The number of fused-ring (bicyclic) bond motifs is 1. The van der Waals surface area contributed by atoms with Gasteiger partial charge in [-0.3, -0.25) is 14.5 Å². The maximum Gasteiger partial charge on any atom is 0.295 e. The van der Waals surface area contributed by atoms with Gasteiger partial charge in [-0.15, -0.1) is 0 Å². The topological polar surface area (TPSA) is 92.5 Å². The van der Waals surface area contributed by atoms with E-state index >= 15 is 0 Å². The average Bonchev–Trinajstić information content (AvgIpc) is 3.47. The summed E-state index contributed by atoms with van der Waals surface area (Å²) in [7, 11) is 0. The summed E-state index contributed by atoms with van der Waals surface area (Å²) in [6.45, 7) is 7.63. The standard InChI is InChI=1S/C25H28N2O6/c1-15-3-5-20(32-15)22-21(23(28)17-4-6-19-18(14-17)13-16(2)33-19)24(29)25(30)27(22)8-7-26-9-11-31-12-10-26/h3-6,14,16,22,28H,7-13H2,1-2H3/b23-21-. The number of Topliss-reactive ketones (excluding diaryl/α,β-unsaturated/α-hetero) is 1. The van der Waals surface area contributed by atoms with Crippen molar-refractivity contribution < 1.29 is 28.6 Å². The number of ketones is 1. The molecule has 0 radical (unpaired) electrons. The number of carbonyl (C=O) groups is 2. The third-order valence-corrected chi connectivity index (χ3v) is 6.50. The van der Waals surface area contributed by atoms with Crippen LogP contribution in [-0.2, 0) is 20.7 Å². The smallest absolute Gasteiger partial charge is 0.295 e. The molecule has 1 amide bonds. The number of likely N-dealkylation sites (tertiary alicyclic amines) is 1. The summed E-state index contributed by atoms with van der Waals surface area (Å²) in [6.07, 6.45) is 0.791. The molecule has 3 aliphatic rings. The second-order valence-corrected chi connectivity index (χ2v) is 8.85. The molecule has 2 unspecified atom stereocenters. The van der Waals surface area contributed by atoms with Gasteiger partial charge in [-0.1, -0.05) is 0 Å². The van der Waals surface area contributed by atoms with Crippen LogP contribution in [0.3, 0.4) is 0 Å². The number of ether oxygens (including phenoxy) is 2. The number of hydrogen-bond acceptors (Lipinski definition) is 7. The van der Waals surface area contributed by atoms with E-state index in [1.165, 1.54) is 4.90 Å². The van der Waals surface area contributed by atoms with Crippen molar-refractivity contribution in [3.63, 3.8) is 0 Å². The minimum absolute atomic E-state index is 0.0586. The number of aliphatic hydroxyl groups excluding tert-OH is 1. The van der Waals surface area contributed by atoms with E-state index in [4.69, 9.17) is 13.9 Å². The molecule has 8 heteroatoms. The van der Waals surface area contributed by atoms with Gasteiger partial charge in [0.1, 0.15) is 35.2 Å². The van der Waals surface area contributed by atoms with Gasteiger partial charge in [0.05, 0.1) is 18.8 Å². The number of benzene rings is 1. The average molecular weight is 453 g/mol. The zero-order valence-electron chi connectivity index (χ0n) is 18.9. The molecule has 8 nitrogen and oxygen atoms in total. The first-order valence-corrected chi connectivity index (χ1v) is 11.4. The lowest BCUT2D eigenvalue weighted by atomic mass is 9.97. The molecule has 2 fully saturated rings. The Labute approximate surface area is 192 Å². The third kappa shape index (κ3) is 4.05. The molecule has 1 aromatic carbocycles. The van der Waals surface area contributed by atoms with Crippen LogP contribution in [0.1, 0.15) is 35.6 Å². The van der Waals surface area contributed by atoms with Crippen LogP contribution in [0.4, 0.5) is 0 Å². The van der Waals surface area contributed by atoms with E-state index in [2.05, 4.69) is 4.90 Å². The number of amides is 1. The van der Waals surface area contributed by atoms with Crippen molar-refractivity contribution in [1.29, 1.82) is 0 Å². The Kier molecular flexibility index (Phi) is 5.72. The first-order chi connectivity index (χ1) is 15.9. The molecule has 2 saturated heterocycles. The molecular formula is C25H28N2O6. The molecule has 33 heavy (non-hydrogen) atoms. The van der Waals surface area contributed by atoms with E-state index in [9.17, 15) is 14.7 Å². The number of morpholine rings is 1. The van der Waals surface area contributed by atoms with E-state index in [1.54, 1.807) is 24.3 Å². The minimum Gasteiger partial charge on any atom is -0.507 e. The van der Waals surface area contributed by atoms with Gasteiger partial charge >= 0.3 is 0 Å². The van der Waals surface area contributed by atoms with Gasteiger partial charge in [-0.05, 0) is 49.7 Å². The first-order valence-electron chi connectivity index (χ1n) is 11.4. The summed E-state index contributed by atoms with van der Waals surface area (Å²) in [4.78, 5) is 29.9. The third-order valence-electron chi connectivity index (χ3n) is 6.50. The number of furan rings is 1. The predicted octanol–water partition coefficient (Wildman–Crippen LogP) is 2.67. The van der Waals surface area contributed by atoms with Crippen molar-refractivity contribution in [2.24, 2.45) is 0 Å². The number of carbonyl (C=O) groups excluding carboxylic acids is 2. The molecule has 0 aliphatic carbocycles.